The Morgan fingerprint density at radius 1 is 1.21 bits per heavy atom. The second kappa shape index (κ2) is 7.55. The van der Waals surface area contributed by atoms with Crippen molar-refractivity contribution in [1.29, 1.82) is 0 Å². The molecule has 1 amide bonds. The summed E-state index contributed by atoms with van der Waals surface area (Å²) in [4.78, 5) is 23.5. The van der Waals surface area contributed by atoms with Crippen molar-refractivity contribution in [3.8, 4) is 11.5 Å². The van der Waals surface area contributed by atoms with Gasteiger partial charge in [-0.2, -0.15) is 0 Å². The number of hydrogen-bond donors (Lipinski definition) is 2. The van der Waals surface area contributed by atoms with E-state index in [1.54, 1.807) is 18.2 Å². The summed E-state index contributed by atoms with van der Waals surface area (Å²) in [6.07, 6.45) is 1.23. The molecule has 0 spiro atoms. The predicted octanol–water partition coefficient (Wildman–Crippen LogP) is 2.40. The number of hydrogen-bond acceptors (Lipinski definition) is 4. The van der Waals surface area contributed by atoms with Crippen LogP contribution in [0.2, 0.25) is 0 Å². The summed E-state index contributed by atoms with van der Waals surface area (Å²) >= 11 is 0. The van der Waals surface area contributed by atoms with Crippen LogP contribution in [0.5, 0.6) is 11.5 Å². The molecule has 0 radical (unpaired) electrons. The van der Waals surface area contributed by atoms with Crippen molar-refractivity contribution >= 4 is 11.9 Å². The molecule has 1 aromatic carbocycles. The minimum Gasteiger partial charge on any atom is -0.486 e. The smallest absolute Gasteiger partial charge is 0.326 e. The van der Waals surface area contributed by atoms with Crippen molar-refractivity contribution in [1.82, 2.24) is 5.32 Å². The van der Waals surface area contributed by atoms with Crippen LogP contribution in [0.3, 0.4) is 0 Å². The van der Waals surface area contributed by atoms with Gasteiger partial charge in [-0.15, -0.1) is 0 Å². The average Bonchev–Trinajstić information content (AvgIpc) is 2.50. The normalized spacial score (nSPS) is 14.8. The highest BCUT2D eigenvalue weighted by molar-refractivity contribution is 5.84. The highest BCUT2D eigenvalue weighted by Crippen LogP contribution is 2.30. The molecule has 0 aromatic heterocycles. The Hall–Kier alpha value is -2.24. The Bertz CT molecular complexity index is 606. The Kier molecular flexibility index (Phi) is 5.70. The van der Waals surface area contributed by atoms with Crippen molar-refractivity contribution in [2.75, 3.05) is 13.2 Å². The van der Waals surface area contributed by atoms with E-state index >= 15 is 0 Å². The van der Waals surface area contributed by atoms with Crippen LogP contribution in [0.15, 0.2) is 18.2 Å². The van der Waals surface area contributed by atoms with Crippen LogP contribution in [0.25, 0.3) is 0 Å². The van der Waals surface area contributed by atoms with Gasteiger partial charge >= 0.3 is 5.97 Å². The van der Waals surface area contributed by atoms with Crippen molar-refractivity contribution in [3.63, 3.8) is 0 Å². The Balaban J connectivity index is 1.94. The molecule has 0 aliphatic carbocycles. The molecule has 0 saturated heterocycles. The van der Waals surface area contributed by atoms with Crippen LogP contribution in [0, 0.1) is 5.41 Å². The average molecular weight is 335 g/mol. The fourth-order valence-corrected chi connectivity index (χ4v) is 2.46. The molecule has 1 unspecified atom stereocenters. The third kappa shape index (κ3) is 5.44. The first-order valence-electron chi connectivity index (χ1n) is 8.15. The number of nitrogens with one attached hydrogen (secondary N) is 1. The lowest BCUT2D eigenvalue weighted by Crippen LogP contribution is -2.42. The molecule has 1 heterocycles. The lowest BCUT2D eigenvalue weighted by molar-refractivity contribution is -0.142. The molecule has 1 aliphatic heterocycles. The first-order chi connectivity index (χ1) is 11.2. The number of carbonyl (C=O) groups excluding carboxylic acids is 1. The molecule has 6 heteroatoms. The molecule has 1 aromatic rings. The summed E-state index contributed by atoms with van der Waals surface area (Å²) in [6.45, 7) is 7.13. The monoisotopic (exact) mass is 335 g/mol. The van der Waals surface area contributed by atoms with Gasteiger partial charge in [0, 0.05) is 0 Å². The second-order valence-corrected chi connectivity index (χ2v) is 7.21. The van der Waals surface area contributed by atoms with Gasteiger partial charge in [-0.1, -0.05) is 26.8 Å². The zero-order valence-electron chi connectivity index (χ0n) is 14.4. The number of rotatable bonds is 6. The molecule has 0 fully saturated rings. The van der Waals surface area contributed by atoms with Gasteiger partial charge in [0.25, 0.3) is 0 Å². The van der Waals surface area contributed by atoms with Crippen LogP contribution < -0.4 is 14.8 Å². The fourth-order valence-electron chi connectivity index (χ4n) is 2.46. The van der Waals surface area contributed by atoms with Crippen LogP contribution >= 0.6 is 0 Å². The van der Waals surface area contributed by atoms with E-state index in [0.29, 0.717) is 37.6 Å². The number of carbonyl (C=O) groups is 2. The highest BCUT2D eigenvalue weighted by Gasteiger charge is 2.23. The molecular weight excluding hydrogens is 310 g/mol. The summed E-state index contributed by atoms with van der Waals surface area (Å²) in [5.74, 6) is -0.0316. The van der Waals surface area contributed by atoms with Gasteiger partial charge in [-0.3, -0.25) is 4.79 Å². The Morgan fingerprint density at radius 3 is 2.50 bits per heavy atom. The van der Waals surface area contributed by atoms with Crippen molar-refractivity contribution in [2.24, 2.45) is 5.41 Å². The summed E-state index contributed by atoms with van der Waals surface area (Å²) in [5.41, 5.74) is 0.783. The molecule has 132 valence electrons. The molecular formula is C18H25NO5. The number of ether oxygens (including phenoxy) is 2. The number of amides is 1. The van der Waals surface area contributed by atoms with Gasteiger partial charge in [0.2, 0.25) is 5.91 Å². The van der Waals surface area contributed by atoms with E-state index in [-0.39, 0.29) is 17.7 Å². The Labute approximate surface area is 142 Å². The van der Waals surface area contributed by atoms with E-state index in [4.69, 9.17) is 9.47 Å². The fraction of sp³-hybridized carbons (Fsp3) is 0.556. The van der Waals surface area contributed by atoms with E-state index < -0.39 is 12.0 Å². The number of benzene rings is 1. The van der Waals surface area contributed by atoms with Crippen molar-refractivity contribution < 1.29 is 24.2 Å². The van der Waals surface area contributed by atoms with Crippen LogP contribution in [-0.2, 0) is 16.0 Å². The van der Waals surface area contributed by atoms with Crippen LogP contribution in [0.4, 0.5) is 0 Å². The molecule has 6 nitrogen and oxygen atoms in total. The minimum absolute atomic E-state index is 0.0221. The van der Waals surface area contributed by atoms with E-state index in [1.165, 1.54) is 0 Å². The largest absolute Gasteiger partial charge is 0.486 e. The van der Waals surface area contributed by atoms with E-state index in [2.05, 4.69) is 5.32 Å². The van der Waals surface area contributed by atoms with Crippen LogP contribution in [-0.4, -0.2) is 36.2 Å². The number of carboxylic acid groups (broad SMARTS) is 1. The zero-order valence-corrected chi connectivity index (χ0v) is 14.4. The SMILES string of the molecule is CC(C)(C)CCC(NC(=O)Cc1ccc2c(c1)OCCO2)C(=O)O. The maximum atomic E-state index is 12.2. The maximum absolute atomic E-state index is 12.2. The van der Waals surface area contributed by atoms with Crippen molar-refractivity contribution in [3.05, 3.63) is 23.8 Å². The van der Waals surface area contributed by atoms with Gasteiger partial charge in [-0.25, -0.2) is 4.79 Å². The van der Waals surface area contributed by atoms with Gasteiger partial charge in [0.1, 0.15) is 19.3 Å². The summed E-state index contributed by atoms with van der Waals surface area (Å²) < 4.78 is 10.9. The van der Waals surface area contributed by atoms with E-state index in [9.17, 15) is 14.7 Å². The summed E-state index contributed by atoms with van der Waals surface area (Å²) in [5, 5.41) is 11.9. The molecule has 1 atom stereocenters. The first-order valence-corrected chi connectivity index (χ1v) is 8.15. The highest BCUT2D eigenvalue weighted by atomic mass is 16.6. The van der Waals surface area contributed by atoms with E-state index in [1.807, 2.05) is 20.8 Å². The Morgan fingerprint density at radius 2 is 1.88 bits per heavy atom. The maximum Gasteiger partial charge on any atom is 0.326 e. The number of fused-ring (bicyclic) bond motifs is 1. The van der Waals surface area contributed by atoms with Gasteiger partial charge in [0.05, 0.1) is 6.42 Å². The topological polar surface area (TPSA) is 84.9 Å². The first kappa shape index (κ1) is 18.1. The third-order valence-electron chi connectivity index (χ3n) is 3.79. The lowest BCUT2D eigenvalue weighted by Gasteiger charge is -2.22. The van der Waals surface area contributed by atoms with Gasteiger partial charge in [0.15, 0.2) is 11.5 Å². The van der Waals surface area contributed by atoms with Gasteiger partial charge < -0.3 is 19.9 Å². The summed E-state index contributed by atoms with van der Waals surface area (Å²) in [6, 6.07) is 4.46. The molecule has 2 N–H and O–H groups in total. The number of aliphatic carboxylic acids is 1. The van der Waals surface area contributed by atoms with Crippen LogP contribution in [0.1, 0.15) is 39.2 Å². The molecule has 2 rings (SSSR count). The lowest BCUT2D eigenvalue weighted by atomic mass is 9.88. The number of carboxylic acids is 1. The molecule has 0 bridgehead atoms. The second-order valence-electron chi connectivity index (χ2n) is 7.21. The third-order valence-corrected chi connectivity index (χ3v) is 3.79. The molecule has 1 aliphatic rings. The quantitative estimate of drug-likeness (QED) is 0.834. The minimum atomic E-state index is -1.00. The molecule has 0 saturated carbocycles. The zero-order chi connectivity index (χ0) is 17.7. The standard InChI is InChI=1S/C18H25NO5/c1-18(2,3)7-6-13(17(21)22)19-16(20)11-12-4-5-14-15(10-12)24-9-8-23-14/h4-5,10,13H,6-9,11H2,1-3H3,(H,19,20)(H,21,22). The predicted molar refractivity (Wildman–Crippen MR) is 89.4 cm³/mol. The van der Waals surface area contributed by atoms with E-state index in [0.717, 1.165) is 5.56 Å². The summed E-state index contributed by atoms with van der Waals surface area (Å²) in [7, 11) is 0. The molecule has 24 heavy (non-hydrogen) atoms. The van der Waals surface area contributed by atoms with Gasteiger partial charge in [-0.05, 0) is 36.0 Å². The van der Waals surface area contributed by atoms with Crippen molar-refractivity contribution in [2.45, 2.75) is 46.1 Å².